The largest absolute Gasteiger partial charge is 0.265 e. The first kappa shape index (κ1) is 17.6. The Labute approximate surface area is 130 Å². The molecule has 0 aliphatic rings. The summed E-state index contributed by atoms with van der Waals surface area (Å²) in [6.45, 7) is 4.70. The Morgan fingerprint density at radius 2 is 1.85 bits per heavy atom. The molecule has 0 aliphatic carbocycles. The van der Waals surface area contributed by atoms with Crippen LogP contribution in [0.3, 0.4) is 0 Å². The first-order valence-corrected chi connectivity index (χ1v) is 9.55. The molecule has 0 saturated carbocycles. The fourth-order valence-electron chi connectivity index (χ4n) is 2.05. The van der Waals surface area contributed by atoms with Crippen molar-refractivity contribution in [2.24, 2.45) is 5.92 Å². The average Bonchev–Trinajstić information content (AvgIpc) is 2.46. The quantitative estimate of drug-likeness (QED) is 0.687. The summed E-state index contributed by atoms with van der Waals surface area (Å²) in [7, 11) is -3.23. The van der Waals surface area contributed by atoms with Crippen molar-refractivity contribution >= 4 is 26.0 Å². The zero-order chi connectivity index (χ0) is 15.0. The van der Waals surface area contributed by atoms with E-state index >= 15 is 0 Å². The zero-order valence-electron chi connectivity index (χ0n) is 12.0. The summed E-state index contributed by atoms with van der Waals surface area (Å²) in [5.41, 5.74) is 0.987. The molecule has 114 valence electrons. The lowest BCUT2D eigenvalue weighted by Gasteiger charge is -2.19. The van der Waals surface area contributed by atoms with Gasteiger partial charge in [-0.2, -0.15) is 0 Å². The van der Waals surface area contributed by atoms with Gasteiger partial charge in [0.25, 0.3) is 0 Å². The summed E-state index contributed by atoms with van der Waals surface area (Å²) in [5, 5.41) is 0. The molecule has 0 aromatic carbocycles. The topological polar surface area (TPSA) is 59.1 Å². The van der Waals surface area contributed by atoms with Crippen molar-refractivity contribution in [3.63, 3.8) is 0 Å². The summed E-state index contributed by atoms with van der Waals surface area (Å²) < 4.78 is 26.6. The van der Waals surface area contributed by atoms with Gasteiger partial charge in [-0.25, -0.2) is 13.1 Å². The van der Waals surface area contributed by atoms with Crippen LogP contribution in [0.15, 0.2) is 24.5 Å². The van der Waals surface area contributed by atoms with Crippen molar-refractivity contribution < 1.29 is 8.42 Å². The van der Waals surface area contributed by atoms with E-state index < -0.39 is 10.0 Å². The van der Waals surface area contributed by atoms with E-state index in [0.29, 0.717) is 18.9 Å². The van der Waals surface area contributed by atoms with Crippen LogP contribution in [0.1, 0.15) is 32.3 Å². The van der Waals surface area contributed by atoms with Gasteiger partial charge in [-0.3, -0.25) is 4.98 Å². The van der Waals surface area contributed by atoms with Crippen LogP contribution in [0.2, 0.25) is 0 Å². The minimum absolute atomic E-state index is 0.111. The van der Waals surface area contributed by atoms with Crippen molar-refractivity contribution in [3.8, 4) is 0 Å². The summed E-state index contributed by atoms with van der Waals surface area (Å²) >= 11 is 3.58. The second kappa shape index (κ2) is 8.74. The van der Waals surface area contributed by atoms with Crippen molar-refractivity contribution in [2.75, 3.05) is 12.3 Å². The molecule has 1 unspecified atom stereocenters. The molecule has 0 aliphatic heterocycles. The third kappa shape index (κ3) is 6.33. The number of nitrogens with one attached hydrogen (secondary N) is 1. The van der Waals surface area contributed by atoms with Crippen LogP contribution in [0, 0.1) is 5.92 Å². The van der Waals surface area contributed by atoms with E-state index in [2.05, 4.69) is 39.5 Å². The summed E-state index contributed by atoms with van der Waals surface area (Å²) in [5.74, 6) is 0.609. The van der Waals surface area contributed by atoms with Gasteiger partial charge in [-0.15, -0.1) is 0 Å². The maximum absolute atomic E-state index is 12.0. The monoisotopic (exact) mass is 362 g/mol. The fourth-order valence-corrected chi connectivity index (χ4v) is 4.25. The lowest BCUT2D eigenvalue weighted by atomic mass is 10.00. The molecule has 1 aromatic heterocycles. The highest BCUT2D eigenvalue weighted by molar-refractivity contribution is 9.09. The Morgan fingerprint density at radius 1 is 1.25 bits per heavy atom. The number of rotatable bonds is 9. The van der Waals surface area contributed by atoms with E-state index in [1.54, 1.807) is 12.4 Å². The van der Waals surface area contributed by atoms with Gasteiger partial charge in [-0.05, 0) is 30.0 Å². The van der Waals surface area contributed by atoms with Gasteiger partial charge < -0.3 is 0 Å². The molecule has 1 N–H and O–H groups in total. The van der Waals surface area contributed by atoms with Crippen LogP contribution in [0.25, 0.3) is 0 Å². The van der Waals surface area contributed by atoms with Gasteiger partial charge in [0.15, 0.2) is 0 Å². The van der Waals surface area contributed by atoms with Gasteiger partial charge in [0, 0.05) is 23.8 Å². The van der Waals surface area contributed by atoms with E-state index in [9.17, 15) is 8.42 Å². The molecular weight excluding hydrogens is 340 g/mol. The summed E-state index contributed by atoms with van der Waals surface area (Å²) in [6, 6.07) is 3.68. The molecule has 1 heterocycles. The highest BCUT2D eigenvalue weighted by atomic mass is 79.9. The lowest BCUT2D eigenvalue weighted by Crippen LogP contribution is -2.34. The molecule has 20 heavy (non-hydrogen) atoms. The number of sulfonamides is 1. The molecular formula is C14H23BrN2O2S. The van der Waals surface area contributed by atoms with E-state index in [4.69, 9.17) is 0 Å². The first-order valence-electron chi connectivity index (χ1n) is 6.98. The molecule has 0 bridgehead atoms. The second-order valence-electron chi connectivity index (χ2n) is 4.87. The maximum atomic E-state index is 12.0. The fraction of sp³-hybridized carbons (Fsp3) is 0.643. The molecule has 0 spiro atoms. The van der Waals surface area contributed by atoms with Crippen LogP contribution < -0.4 is 4.72 Å². The molecule has 4 nitrogen and oxygen atoms in total. The Morgan fingerprint density at radius 3 is 2.40 bits per heavy atom. The molecule has 6 heteroatoms. The Bertz CT molecular complexity index is 475. The maximum Gasteiger partial charge on any atom is 0.211 e. The van der Waals surface area contributed by atoms with Gasteiger partial charge in [-0.1, -0.05) is 42.6 Å². The van der Waals surface area contributed by atoms with Crippen molar-refractivity contribution in [1.82, 2.24) is 9.71 Å². The molecule has 0 amide bonds. The zero-order valence-corrected chi connectivity index (χ0v) is 14.5. The predicted octanol–water partition coefficient (Wildman–Crippen LogP) is 2.74. The van der Waals surface area contributed by atoms with E-state index in [0.717, 1.165) is 18.4 Å². The third-order valence-corrected chi connectivity index (χ3v) is 5.89. The van der Waals surface area contributed by atoms with Crippen molar-refractivity contribution in [3.05, 3.63) is 30.1 Å². The number of alkyl halides is 1. The summed E-state index contributed by atoms with van der Waals surface area (Å²) in [6.07, 6.45) is 5.96. The van der Waals surface area contributed by atoms with E-state index in [1.165, 1.54) is 0 Å². The Hall–Kier alpha value is -0.460. The smallest absolute Gasteiger partial charge is 0.211 e. The normalized spacial score (nSPS) is 13.6. The first-order chi connectivity index (χ1) is 9.48. The number of hydrogen-bond donors (Lipinski definition) is 1. The van der Waals surface area contributed by atoms with Gasteiger partial charge in [0.1, 0.15) is 0 Å². The van der Waals surface area contributed by atoms with Crippen molar-refractivity contribution in [2.45, 2.75) is 37.9 Å². The lowest BCUT2D eigenvalue weighted by molar-refractivity contribution is 0.471. The standard InChI is InChI=1S/C14H23BrN2O2S/c1-3-13(4-2)14(15)11-17-20(18,19)10-7-12-5-8-16-9-6-12/h5-6,8-9,13-14,17H,3-4,7,10-11H2,1-2H3. The summed E-state index contributed by atoms with van der Waals surface area (Å²) in [4.78, 5) is 4.10. The Kier molecular flexibility index (Phi) is 7.69. The minimum Gasteiger partial charge on any atom is -0.265 e. The van der Waals surface area contributed by atoms with Crippen LogP contribution in [-0.2, 0) is 16.4 Å². The highest BCUT2D eigenvalue weighted by Crippen LogP contribution is 2.19. The van der Waals surface area contributed by atoms with Gasteiger partial charge in [0.2, 0.25) is 10.0 Å². The van der Waals surface area contributed by atoms with Crippen LogP contribution in [0.5, 0.6) is 0 Å². The number of halogens is 1. The van der Waals surface area contributed by atoms with Crippen LogP contribution >= 0.6 is 15.9 Å². The third-order valence-electron chi connectivity index (χ3n) is 3.47. The number of aromatic nitrogens is 1. The van der Waals surface area contributed by atoms with Crippen LogP contribution in [-0.4, -0.2) is 30.5 Å². The minimum atomic E-state index is -3.23. The number of nitrogens with zero attached hydrogens (tertiary/aromatic N) is 1. The molecule has 0 fully saturated rings. The van der Waals surface area contributed by atoms with Gasteiger partial charge >= 0.3 is 0 Å². The highest BCUT2D eigenvalue weighted by Gasteiger charge is 2.18. The SMILES string of the molecule is CCC(CC)C(Br)CNS(=O)(=O)CCc1ccncc1. The van der Waals surface area contributed by atoms with E-state index in [-0.39, 0.29) is 10.6 Å². The van der Waals surface area contributed by atoms with Crippen molar-refractivity contribution in [1.29, 1.82) is 0 Å². The van der Waals surface area contributed by atoms with Crippen LogP contribution in [0.4, 0.5) is 0 Å². The second-order valence-corrected chi connectivity index (χ2v) is 7.97. The molecule has 0 saturated heterocycles. The predicted molar refractivity (Wildman–Crippen MR) is 86.5 cm³/mol. The molecule has 1 atom stereocenters. The average molecular weight is 363 g/mol. The van der Waals surface area contributed by atoms with E-state index in [1.807, 2.05) is 12.1 Å². The molecule has 1 aromatic rings. The molecule has 1 rings (SSSR count). The number of aryl methyl sites for hydroxylation is 1. The number of pyridine rings is 1. The number of hydrogen-bond acceptors (Lipinski definition) is 3. The van der Waals surface area contributed by atoms with Gasteiger partial charge in [0.05, 0.1) is 5.75 Å². The Balaban J connectivity index is 2.42. The molecule has 0 radical (unpaired) electrons.